The first kappa shape index (κ1) is 12.1. The zero-order valence-corrected chi connectivity index (χ0v) is 10.5. The Morgan fingerprint density at radius 2 is 2.12 bits per heavy atom. The largest absolute Gasteiger partial charge is 0.398 e. The fourth-order valence-electron chi connectivity index (χ4n) is 1.29. The lowest BCUT2D eigenvalue weighted by Crippen LogP contribution is -1.99. The summed E-state index contributed by atoms with van der Waals surface area (Å²) in [6.45, 7) is 0. The van der Waals surface area contributed by atoms with E-state index in [9.17, 15) is 4.39 Å². The molecule has 0 atom stereocenters. The molecule has 0 bridgehead atoms. The van der Waals surface area contributed by atoms with Crippen molar-refractivity contribution >= 4 is 34.7 Å². The van der Waals surface area contributed by atoms with E-state index in [1.807, 2.05) is 7.05 Å². The van der Waals surface area contributed by atoms with Gasteiger partial charge < -0.3 is 16.0 Å². The Hall–Kier alpha value is -1.40. The number of anilines is 2. The van der Waals surface area contributed by atoms with Gasteiger partial charge in [0.25, 0.3) is 0 Å². The number of aromatic nitrogens is 2. The van der Waals surface area contributed by atoms with Gasteiger partial charge in [-0.15, -0.1) is 0 Å². The molecule has 0 radical (unpaired) electrons. The highest BCUT2D eigenvalue weighted by atomic mass is 35.5. The van der Waals surface area contributed by atoms with Crippen LogP contribution in [0.1, 0.15) is 0 Å². The van der Waals surface area contributed by atoms with Crippen LogP contribution in [0.4, 0.5) is 15.8 Å². The first-order chi connectivity index (χ1) is 8.00. The van der Waals surface area contributed by atoms with Gasteiger partial charge in [-0.05, 0) is 17.8 Å². The zero-order valence-electron chi connectivity index (χ0n) is 8.95. The van der Waals surface area contributed by atoms with Gasteiger partial charge in [0.1, 0.15) is 5.02 Å². The van der Waals surface area contributed by atoms with Gasteiger partial charge in [0.15, 0.2) is 11.0 Å². The third-order valence-electron chi connectivity index (χ3n) is 2.19. The molecule has 0 unspecified atom stereocenters. The standard InChI is InChI=1S/C10H10ClFN4S/c1-16-3-2-15-10(16)17-9-6(14)4-5(13)7(11)8(9)12/h2-4H,13-14H2,1H3. The van der Waals surface area contributed by atoms with E-state index in [4.69, 9.17) is 23.1 Å². The Morgan fingerprint density at radius 1 is 1.41 bits per heavy atom. The molecule has 0 aliphatic heterocycles. The predicted molar refractivity (Wildman–Crippen MR) is 67.6 cm³/mol. The molecule has 4 nitrogen and oxygen atoms in total. The first-order valence-electron chi connectivity index (χ1n) is 4.69. The van der Waals surface area contributed by atoms with Crippen molar-refractivity contribution in [2.75, 3.05) is 11.5 Å². The molecule has 90 valence electrons. The molecule has 0 amide bonds. The number of halogens is 2. The van der Waals surface area contributed by atoms with E-state index < -0.39 is 5.82 Å². The monoisotopic (exact) mass is 272 g/mol. The van der Waals surface area contributed by atoms with E-state index in [0.717, 1.165) is 11.8 Å². The Labute approximate surface area is 107 Å². The van der Waals surface area contributed by atoms with E-state index in [0.29, 0.717) is 5.16 Å². The number of hydrogen-bond acceptors (Lipinski definition) is 4. The summed E-state index contributed by atoms with van der Waals surface area (Å²) in [5.41, 5.74) is 11.6. The van der Waals surface area contributed by atoms with Crippen LogP contribution >= 0.6 is 23.4 Å². The summed E-state index contributed by atoms with van der Waals surface area (Å²) in [6, 6.07) is 1.44. The average Bonchev–Trinajstić information content (AvgIpc) is 2.67. The van der Waals surface area contributed by atoms with Crippen LogP contribution in [0.3, 0.4) is 0 Å². The number of hydrogen-bond donors (Lipinski definition) is 2. The van der Waals surface area contributed by atoms with Crippen molar-refractivity contribution in [1.82, 2.24) is 9.55 Å². The highest BCUT2D eigenvalue weighted by Crippen LogP contribution is 2.38. The molecule has 0 fully saturated rings. The van der Waals surface area contributed by atoms with Crippen LogP contribution in [-0.2, 0) is 7.05 Å². The number of nitrogens with zero attached hydrogens (tertiary/aromatic N) is 2. The van der Waals surface area contributed by atoms with Gasteiger partial charge in [0.2, 0.25) is 0 Å². The van der Waals surface area contributed by atoms with Crippen molar-refractivity contribution in [2.24, 2.45) is 7.05 Å². The molecular formula is C10H10ClFN4S. The van der Waals surface area contributed by atoms with Gasteiger partial charge >= 0.3 is 0 Å². The molecule has 4 N–H and O–H groups in total. The predicted octanol–water partition coefficient (Wildman–Crippen LogP) is 2.53. The van der Waals surface area contributed by atoms with Crippen molar-refractivity contribution in [1.29, 1.82) is 0 Å². The normalized spacial score (nSPS) is 10.8. The molecule has 0 saturated heterocycles. The summed E-state index contributed by atoms with van der Waals surface area (Å²) in [5.74, 6) is -0.614. The molecule has 2 aromatic rings. The summed E-state index contributed by atoms with van der Waals surface area (Å²) < 4.78 is 15.7. The third kappa shape index (κ3) is 2.18. The second-order valence-corrected chi connectivity index (χ2v) is 4.79. The highest BCUT2D eigenvalue weighted by Gasteiger charge is 2.16. The molecule has 2 rings (SSSR count). The molecule has 1 aromatic heterocycles. The summed E-state index contributed by atoms with van der Waals surface area (Å²) in [5, 5.41) is 0.507. The fourth-order valence-corrected chi connectivity index (χ4v) is 2.37. The SMILES string of the molecule is Cn1ccnc1Sc1c(N)cc(N)c(Cl)c1F. The number of aryl methyl sites for hydroxylation is 1. The summed E-state index contributed by atoms with van der Waals surface area (Å²) >= 11 is 6.85. The number of benzene rings is 1. The number of nitrogen functional groups attached to an aromatic ring is 2. The fraction of sp³-hybridized carbons (Fsp3) is 0.100. The van der Waals surface area contributed by atoms with Crippen molar-refractivity contribution < 1.29 is 4.39 Å². The van der Waals surface area contributed by atoms with Crippen molar-refractivity contribution in [3.05, 3.63) is 29.3 Å². The number of rotatable bonds is 2. The van der Waals surface area contributed by atoms with E-state index in [-0.39, 0.29) is 21.3 Å². The van der Waals surface area contributed by atoms with Crippen LogP contribution < -0.4 is 11.5 Å². The van der Waals surface area contributed by atoms with E-state index >= 15 is 0 Å². The lowest BCUT2D eigenvalue weighted by Gasteiger charge is -2.09. The average molecular weight is 273 g/mol. The molecule has 0 aliphatic rings. The summed E-state index contributed by atoms with van der Waals surface area (Å²) in [6.07, 6.45) is 3.38. The minimum Gasteiger partial charge on any atom is -0.398 e. The zero-order chi connectivity index (χ0) is 12.6. The molecule has 0 aliphatic carbocycles. The van der Waals surface area contributed by atoms with Crippen LogP contribution in [0.2, 0.25) is 5.02 Å². The minimum absolute atomic E-state index is 0.115. The Balaban J connectivity index is 2.47. The number of imidazole rings is 1. The van der Waals surface area contributed by atoms with Crippen molar-refractivity contribution in [2.45, 2.75) is 10.1 Å². The van der Waals surface area contributed by atoms with Gasteiger partial charge in [-0.2, -0.15) is 0 Å². The van der Waals surface area contributed by atoms with Crippen LogP contribution in [-0.4, -0.2) is 9.55 Å². The minimum atomic E-state index is -0.614. The third-order valence-corrected chi connectivity index (χ3v) is 3.77. The second-order valence-electron chi connectivity index (χ2n) is 3.43. The van der Waals surface area contributed by atoms with Crippen LogP contribution in [0.15, 0.2) is 28.5 Å². The lowest BCUT2D eigenvalue weighted by atomic mass is 10.3. The quantitative estimate of drug-likeness (QED) is 0.824. The van der Waals surface area contributed by atoms with E-state index in [1.54, 1.807) is 17.0 Å². The Kier molecular flexibility index (Phi) is 3.17. The molecule has 1 aromatic carbocycles. The molecule has 7 heteroatoms. The molecule has 17 heavy (non-hydrogen) atoms. The maximum absolute atomic E-state index is 13.9. The van der Waals surface area contributed by atoms with Gasteiger partial charge in [0, 0.05) is 19.4 Å². The first-order valence-corrected chi connectivity index (χ1v) is 5.88. The van der Waals surface area contributed by atoms with Crippen LogP contribution in [0, 0.1) is 5.82 Å². The molecule has 0 spiro atoms. The Bertz CT molecular complexity index is 570. The van der Waals surface area contributed by atoms with Crippen molar-refractivity contribution in [3.8, 4) is 0 Å². The van der Waals surface area contributed by atoms with Gasteiger partial charge in [0.05, 0.1) is 16.3 Å². The van der Waals surface area contributed by atoms with Crippen LogP contribution in [0.5, 0.6) is 0 Å². The second kappa shape index (κ2) is 4.46. The smallest absolute Gasteiger partial charge is 0.172 e. The van der Waals surface area contributed by atoms with E-state index in [2.05, 4.69) is 4.98 Å². The van der Waals surface area contributed by atoms with E-state index in [1.165, 1.54) is 6.07 Å². The van der Waals surface area contributed by atoms with Gasteiger partial charge in [-0.3, -0.25) is 0 Å². The maximum Gasteiger partial charge on any atom is 0.172 e. The lowest BCUT2D eigenvalue weighted by molar-refractivity contribution is 0.604. The van der Waals surface area contributed by atoms with Gasteiger partial charge in [-0.1, -0.05) is 11.6 Å². The van der Waals surface area contributed by atoms with Gasteiger partial charge in [-0.25, -0.2) is 9.37 Å². The molecular weight excluding hydrogens is 263 g/mol. The number of nitrogens with two attached hydrogens (primary N) is 2. The maximum atomic E-state index is 13.9. The van der Waals surface area contributed by atoms with Crippen molar-refractivity contribution in [3.63, 3.8) is 0 Å². The summed E-state index contributed by atoms with van der Waals surface area (Å²) in [7, 11) is 1.81. The highest BCUT2D eigenvalue weighted by molar-refractivity contribution is 7.99. The molecule has 0 saturated carbocycles. The van der Waals surface area contributed by atoms with Crippen LogP contribution in [0.25, 0.3) is 0 Å². The topological polar surface area (TPSA) is 69.9 Å². The summed E-state index contributed by atoms with van der Waals surface area (Å²) in [4.78, 5) is 4.31. The molecule has 1 heterocycles. The Morgan fingerprint density at radius 3 is 2.71 bits per heavy atom.